The van der Waals surface area contributed by atoms with E-state index < -0.39 is 5.56 Å². The molecular weight excluding hydrogens is 450 g/mol. The number of aromatic nitrogens is 1. The zero-order valence-corrected chi connectivity index (χ0v) is 17.5. The first kappa shape index (κ1) is 19.4. The molecule has 0 spiro atoms. The molecule has 142 valence electrons. The Morgan fingerprint density at radius 3 is 2.45 bits per heavy atom. The smallest absolute Gasteiger partial charge is 0.260 e. The third kappa shape index (κ3) is 3.95. The maximum atomic E-state index is 13.1. The van der Waals surface area contributed by atoms with Gasteiger partial charge in [-0.05, 0) is 35.9 Å². The molecule has 0 saturated heterocycles. The van der Waals surface area contributed by atoms with Crippen molar-refractivity contribution in [2.75, 3.05) is 0 Å². The van der Waals surface area contributed by atoms with Gasteiger partial charge in [-0.2, -0.15) is 0 Å². The average Bonchev–Trinajstić information content (AvgIpc) is 2.73. The standard InChI is InChI=1S/C24H15BrClNO2/c25-16-11-12-20-18(14-16)22(17-8-4-5-9-19(17)26)23(24(29)27-20)21(28)13-10-15-6-2-1-3-7-15/h1-14H,(H,27,29). The predicted octanol–water partition coefficient (Wildman–Crippen LogP) is 6.51. The van der Waals surface area contributed by atoms with E-state index in [-0.39, 0.29) is 11.3 Å². The molecule has 0 saturated carbocycles. The molecule has 0 bridgehead atoms. The highest BCUT2D eigenvalue weighted by Gasteiger charge is 2.21. The van der Waals surface area contributed by atoms with Crippen molar-refractivity contribution in [1.82, 2.24) is 4.98 Å². The lowest BCUT2D eigenvalue weighted by molar-refractivity contribution is 0.104. The second-order valence-electron chi connectivity index (χ2n) is 6.48. The normalized spacial score (nSPS) is 11.2. The molecule has 1 heterocycles. The Bertz CT molecular complexity index is 1310. The Balaban J connectivity index is 1.98. The number of ketones is 1. The maximum absolute atomic E-state index is 13.1. The van der Waals surface area contributed by atoms with Gasteiger partial charge in [-0.25, -0.2) is 0 Å². The first-order valence-electron chi connectivity index (χ1n) is 8.92. The van der Waals surface area contributed by atoms with Gasteiger partial charge in [0.05, 0.1) is 5.56 Å². The van der Waals surface area contributed by atoms with Crippen molar-refractivity contribution in [3.05, 3.63) is 110 Å². The van der Waals surface area contributed by atoms with Crippen LogP contribution in [0.4, 0.5) is 0 Å². The van der Waals surface area contributed by atoms with Crippen LogP contribution >= 0.6 is 27.5 Å². The summed E-state index contributed by atoms with van der Waals surface area (Å²) in [4.78, 5) is 28.8. The van der Waals surface area contributed by atoms with Crippen molar-refractivity contribution in [2.45, 2.75) is 0 Å². The first-order valence-corrected chi connectivity index (χ1v) is 10.1. The van der Waals surface area contributed by atoms with Gasteiger partial charge in [-0.15, -0.1) is 0 Å². The molecule has 0 aliphatic heterocycles. The third-order valence-electron chi connectivity index (χ3n) is 4.59. The Hall–Kier alpha value is -2.95. The molecule has 0 unspecified atom stereocenters. The summed E-state index contributed by atoms with van der Waals surface area (Å²) in [6.45, 7) is 0. The summed E-state index contributed by atoms with van der Waals surface area (Å²) in [5.74, 6) is -0.383. The van der Waals surface area contributed by atoms with Crippen molar-refractivity contribution in [1.29, 1.82) is 0 Å². The third-order valence-corrected chi connectivity index (χ3v) is 5.42. The minimum absolute atomic E-state index is 0.0656. The molecule has 0 atom stereocenters. The second-order valence-corrected chi connectivity index (χ2v) is 7.81. The van der Waals surface area contributed by atoms with E-state index in [1.165, 1.54) is 6.08 Å². The van der Waals surface area contributed by atoms with Crippen LogP contribution in [-0.2, 0) is 0 Å². The molecule has 0 amide bonds. The van der Waals surface area contributed by atoms with Crippen LogP contribution in [0.5, 0.6) is 0 Å². The Morgan fingerprint density at radius 2 is 1.69 bits per heavy atom. The Kier molecular flexibility index (Phi) is 5.47. The highest BCUT2D eigenvalue weighted by atomic mass is 79.9. The van der Waals surface area contributed by atoms with Crippen molar-refractivity contribution in [3.63, 3.8) is 0 Å². The van der Waals surface area contributed by atoms with Gasteiger partial charge in [-0.1, -0.05) is 82.1 Å². The average molecular weight is 465 g/mol. The zero-order valence-electron chi connectivity index (χ0n) is 15.2. The Labute approximate surface area is 180 Å². The summed E-state index contributed by atoms with van der Waals surface area (Å²) >= 11 is 9.92. The van der Waals surface area contributed by atoms with Gasteiger partial charge >= 0.3 is 0 Å². The van der Waals surface area contributed by atoms with Gasteiger partial charge < -0.3 is 4.98 Å². The monoisotopic (exact) mass is 463 g/mol. The summed E-state index contributed by atoms with van der Waals surface area (Å²) in [6.07, 6.45) is 3.12. The number of hydrogen-bond donors (Lipinski definition) is 1. The number of allylic oxidation sites excluding steroid dienone is 1. The van der Waals surface area contributed by atoms with Crippen LogP contribution in [0.15, 0.2) is 88.1 Å². The highest BCUT2D eigenvalue weighted by molar-refractivity contribution is 9.10. The number of rotatable bonds is 4. The lowest BCUT2D eigenvalue weighted by Gasteiger charge is -2.13. The molecular formula is C24H15BrClNO2. The number of fused-ring (bicyclic) bond motifs is 1. The number of H-pyrrole nitrogens is 1. The Morgan fingerprint density at radius 1 is 0.966 bits per heavy atom. The number of carbonyl (C=O) groups excluding carboxylic acids is 1. The van der Waals surface area contributed by atoms with Gasteiger partial charge in [0.25, 0.3) is 5.56 Å². The van der Waals surface area contributed by atoms with Crippen LogP contribution in [0, 0.1) is 0 Å². The summed E-state index contributed by atoms with van der Waals surface area (Å²) in [6, 6.07) is 22.2. The summed E-state index contributed by atoms with van der Waals surface area (Å²) in [5, 5.41) is 1.21. The van der Waals surface area contributed by atoms with Gasteiger partial charge in [0, 0.05) is 31.5 Å². The van der Waals surface area contributed by atoms with Crippen molar-refractivity contribution >= 4 is 50.3 Å². The minimum atomic E-state index is -0.447. The van der Waals surface area contributed by atoms with Crippen LogP contribution in [0.25, 0.3) is 28.1 Å². The molecule has 4 rings (SSSR count). The summed E-state index contributed by atoms with van der Waals surface area (Å²) in [7, 11) is 0. The number of benzene rings is 3. The first-order chi connectivity index (χ1) is 14.0. The van der Waals surface area contributed by atoms with E-state index in [0.29, 0.717) is 21.7 Å². The van der Waals surface area contributed by atoms with Crippen molar-refractivity contribution in [2.24, 2.45) is 0 Å². The molecule has 0 radical (unpaired) electrons. The fourth-order valence-electron chi connectivity index (χ4n) is 3.26. The topological polar surface area (TPSA) is 49.9 Å². The van der Waals surface area contributed by atoms with E-state index in [0.717, 1.165) is 15.4 Å². The molecule has 0 aliphatic rings. The van der Waals surface area contributed by atoms with Crippen LogP contribution in [0.1, 0.15) is 15.9 Å². The molecule has 4 aromatic rings. The summed E-state index contributed by atoms with van der Waals surface area (Å²) < 4.78 is 0.837. The molecule has 3 aromatic carbocycles. The number of carbonyl (C=O) groups is 1. The number of halogens is 2. The van der Waals surface area contributed by atoms with E-state index in [1.807, 2.05) is 60.7 Å². The maximum Gasteiger partial charge on any atom is 0.260 e. The second kappa shape index (κ2) is 8.19. The van der Waals surface area contributed by atoms with E-state index >= 15 is 0 Å². The highest BCUT2D eigenvalue weighted by Crippen LogP contribution is 2.35. The number of nitrogens with one attached hydrogen (secondary N) is 1. The lowest BCUT2D eigenvalue weighted by atomic mass is 9.93. The van der Waals surface area contributed by atoms with E-state index in [4.69, 9.17) is 11.6 Å². The number of hydrogen-bond acceptors (Lipinski definition) is 2. The fourth-order valence-corrected chi connectivity index (χ4v) is 3.85. The lowest BCUT2D eigenvalue weighted by Crippen LogP contribution is -2.18. The number of pyridine rings is 1. The minimum Gasteiger partial charge on any atom is -0.321 e. The fraction of sp³-hybridized carbons (Fsp3) is 0. The SMILES string of the molecule is O=C(C=Cc1ccccc1)c1c(-c2ccccc2Cl)c2cc(Br)ccc2[nH]c1=O. The van der Waals surface area contributed by atoms with Gasteiger partial charge in [0.2, 0.25) is 0 Å². The van der Waals surface area contributed by atoms with Crippen LogP contribution in [0.2, 0.25) is 5.02 Å². The van der Waals surface area contributed by atoms with Crippen molar-refractivity contribution < 1.29 is 4.79 Å². The van der Waals surface area contributed by atoms with Gasteiger partial charge in [0.1, 0.15) is 0 Å². The zero-order chi connectivity index (χ0) is 20.4. The van der Waals surface area contributed by atoms with E-state index in [1.54, 1.807) is 18.2 Å². The summed E-state index contributed by atoms with van der Waals surface area (Å²) in [5.41, 5.74) is 2.29. The van der Waals surface area contributed by atoms with Crippen LogP contribution in [-0.4, -0.2) is 10.8 Å². The quantitative estimate of drug-likeness (QED) is 0.276. The van der Waals surface area contributed by atoms with Gasteiger partial charge in [-0.3, -0.25) is 9.59 Å². The molecule has 3 nitrogen and oxygen atoms in total. The van der Waals surface area contributed by atoms with Crippen LogP contribution in [0.3, 0.4) is 0 Å². The predicted molar refractivity (Wildman–Crippen MR) is 123 cm³/mol. The molecule has 5 heteroatoms. The molecule has 1 N–H and O–H groups in total. The molecule has 1 aromatic heterocycles. The van der Waals surface area contributed by atoms with Crippen LogP contribution < -0.4 is 5.56 Å². The van der Waals surface area contributed by atoms with Crippen molar-refractivity contribution in [3.8, 4) is 11.1 Å². The molecule has 0 fully saturated rings. The van der Waals surface area contributed by atoms with Gasteiger partial charge in [0.15, 0.2) is 5.78 Å². The van der Waals surface area contributed by atoms with E-state index in [9.17, 15) is 9.59 Å². The molecule has 0 aliphatic carbocycles. The number of aromatic amines is 1. The van der Waals surface area contributed by atoms with E-state index in [2.05, 4.69) is 20.9 Å². The molecule has 29 heavy (non-hydrogen) atoms. The largest absolute Gasteiger partial charge is 0.321 e.